The second-order valence-electron chi connectivity index (χ2n) is 6.12. The van der Waals surface area contributed by atoms with Crippen molar-refractivity contribution in [2.45, 2.75) is 13.5 Å². The number of hydrogen-bond donors (Lipinski definition) is 1. The maximum absolute atomic E-state index is 13.4. The van der Waals surface area contributed by atoms with Crippen LogP contribution in [0.2, 0.25) is 0 Å². The number of rotatable bonds is 5. The van der Waals surface area contributed by atoms with E-state index in [9.17, 15) is 4.39 Å². The topological polar surface area (TPSA) is 68.5 Å². The van der Waals surface area contributed by atoms with Crippen LogP contribution in [0.15, 0.2) is 67.4 Å². The summed E-state index contributed by atoms with van der Waals surface area (Å²) >= 11 is 0. The average molecular weight is 360 g/mol. The van der Waals surface area contributed by atoms with Gasteiger partial charge in [0, 0.05) is 30.7 Å². The van der Waals surface area contributed by atoms with E-state index in [0.717, 1.165) is 16.9 Å². The molecule has 0 aliphatic heterocycles. The van der Waals surface area contributed by atoms with Gasteiger partial charge in [-0.2, -0.15) is 0 Å². The largest absolute Gasteiger partial charge is 0.364 e. The second kappa shape index (κ2) is 7.33. The van der Waals surface area contributed by atoms with Gasteiger partial charge in [0.15, 0.2) is 5.82 Å². The van der Waals surface area contributed by atoms with Gasteiger partial charge in [0.05, 0.1) is 5.69 Å². The molecule has 0 radical (unpaired) electrons. The Bertz CT molecular complexity index is 1040. The van der Waals surface area contributed by atoms with E-state index in [1.807, 2.05) is 48.1 Å². The first-order valence-corrected chi connectivity index (χ1v) is 8.46. The summed E-state index contributed by atoms with van der Waals surface area (Å²) in [4.78, 5) is 8.44. The third-order valence-electron chi connectivity index (χ3n) is 4.14. The molecule has 27 heavy (non-hydrogen) atoms. The fraction of sp³-hybridized carbons (Fsp3) is 0.100. The zero-order chi connectivity index (χ0) is 18.6. The molecule has 0 bridgehead atoms. The third-order valence-corrected chi connectivity index (χ3v) is 4.14. The number of nitrogens with zero attached hydrogens (tertiary/aromatic N) is 5. The lowest BCUT2D eigenvalue weighted by Crippen LogP contribution is -2.06. The molecule has 1 aromatic carbocycles. The number of anilines is 1. The lowest BCUT2D eigenvalue weighted by Gasteiger charge is -2.10. The van der Waals surface area contributed by atoms with E-state index in [4.69, 9.17) is 0 Å². The quantitative estimate of drug-likeness (QED) is 0.586. The van der Waals surface area contributed by atoms with Gasteiger partial charge in [-0.25, -0.2) is 14.4 Å². The Balaban J connectivity index is 1.45. The summed E-state index contributed by atoms with van der Waals surface area (Å²) in [5.74, 6) is 1.21. The summed E-state index contributed by atoms with van der Waals surface area (Å²) in [7, 11) is 0. The number of hydrogen-bond acceptors (Lipinski definition) is 5. The van der Waals surface area contributed by atoms with Crippen molar-refractivity contribution in [3.8, 4) is 17.1 Å². The zero-order valence-electron chi connectivity index (χ0n) is 14.7. The van der Waals surface area contributed by atoms with Gasteiger partial charge in [0.2, 0.25) is 0 Å². The summed E-state index contributed by atoms with van der Waals surface area (Å²) in [6.07, 6.45) is 7.08. The lowest BCUT2D eigenvalue weighted by molar-refractivity contribution is 0.628. The molecule has 1 N–H and O–H groups in total. The summed E-state index contributed by atoms with van der Waals surface area (Å²) in [6, 6.07) is 12.2. The average Bonchev–Trinajstić information content (AvgIpc) is 3.22. The predicted octanol–water partition coefficient (Wildman–Crippen LogP) is 3.78. The van der Waals surface area contributed by atoms with E-state index >= 15 is 0 Å². The maximum atomic E-state index is 13.4. The van der Waals surface area contributed by atoms with Gasteiger partial charge >= 0.3 is 0 Å². The molecule has 0 unspecified atom stereocenters. The summed E-state index contributed by atoms with van der Waals surface area (Å²) in [6.45, 7) is 2.52. The number of nitrogens with one attached hydrogen (secondary N) is 1. The molecule has 0 aliphatic carbocycles. The molecule has 6 nitrogen and oxygen atoms in total. The standard InChI is InChI=1S/C20H17FN6/c1-14-9-18(16-3-2-4-17(21)10-16)25-26-20(14)24-12-15-5-6-19(23-11-15)27-8-7-22-13-27/h2-11,13H,12H2,1H3,(H,24,26). The monoisotopic (exact) mass is 360 g/mol. The number of pyridine rings is 1. The Morgan fingerprint density at radius 3 is 2.74 bits per heavy atom. The smallest absolute Gasteiger partial charge is 0.151 e. The highest BCUT2D eigenvalue weighted by molar-refractivity contribution is 5.61. The van der Waals surface area contributed by atoms with Crippen LogP contribution in [0, 0.1) is 12.7 Å². The van der Waals surface area contributed by atoms with Crippen LogP contribution in [0.3, 0.4) is 0 Å². The van der Waals surface area contributed by atoms with E-state index in [1.54, 1.807) is 18.6 Å². The normalized spacial score (nSPS) is 10.7. The van der Waals surface area contributed by atoms with Crippen LogP contribution in [0.5, 0.6) is 0 Å². The second-order valence-corrected chi connectivity index (χ2v) is 6.12. The number of benzene rings is 1. The maximum Gasteiger partial charge on any atom is 0.151 e. The molecule has 0 amide bonds. The number of halogens is 1. The van der Waals surface area contributed by atoms with Gasteiger partial charge in [0.1, 0.15) is 18.0 Å². The Labute approximate surface area is 155 Å². The van der Waals surface area contributed by atoms with Crippen LogP contribution >= 0.6 is 0 Å². The Morgan fingerprint density at radius 2 is 2.04 bits per heavy atom. The predicted molar refractivity (Wildman–Crippen MR) is 101 cm³/mol. The van der Waals surface area contributed by atoms with Crippen LogP contribution < -0.4 is 5.32 Å². The van der Waals surface area contributed by atoms with Crippen molar-refractivity contribution >= 4 is 5.82 Å². The molecular weight excluding hydrogens is 343 g/mol. The van der Waals surface area contributed by atoms with Crippen molar-refractivity contribution in [1.29, 1.82) is 0 Å². The summed E-state index contributed by atoms with van der Waals surface area (Å²) < 4.78 is 15.2. The molecule has 0 aliphatic rings. The fourth-order valence-electron chi connectivity index (χ4n) is 2.70. The zero-order valence-corrected chi connectivity index (χ0v) is 14.7. The van der Waals surface area contributed by atoms with Crippen molar-refractivity contribution in [3.05, 3.63) is 84.3 Å². The number of aryl methyl sites for hydroxylation is 1. The van der Waals surface area contributed by atoms with Gasteiger partial charge in [-0.05, 0) is 42.3 Å². The van der Waals surface area contributed by atoms with Crippen LogP contribution in [0.25, 0.3) is 17.1 Å². The summed E-state index contributed by atoms with van der Waals surface area (Å²) in [5, 5.41) is 11.7. The van der Waals surface area contributed by atoms with Crippen molar-refractivity contribution in [3.63, 3.8) is 0 Å². The minimum Gasteiger partial charge on any atom is -0.364 e. The van der Waals surface area contributed by atoms with Crippen LogP contribution in [0.1, 0.15) is 11.1 Å². The van der Waals surface area contributed by atoms with Crippen LogP contribution in [0.4, 0.5) is 10.2 Å². The van der Waals surface area contributed by atoms with E-state index in [2.05, 4.69) is 25.5 Å². The molecule has 3 aromatic heterocycles. The van der Waals surface area contributed by atoms with Gasteiger partial charge in [-0.3, -0.25) is 4.57 Å². The molecule has 0 fully saturated rings. The molecule has 4 rings (SSSR count). The minimum absolute atomic E-state index is 0.291. The highest BCUT2D eigenvalue weighted by Crippen LogP contribution is 2.21. The van der Waals surface area contributed by atoms with Gasteiger partial charge in [0.25, 0.3) is 0 Å². The van der Waals surface area contributed by atoms with Gasteiger partial charge in [-0.15, -0.1) is 10.2 Å². The van der Waals surface area contributed by atoms with Gasteiger partial charge < -0.3 is 5.32 Å². The van der Waals surface area contributed by atoms with Crippen molar-refractivity contribution < 1.29 is 4.39 Å². The molecular formula is C20H17FN6. The van der Waals surface area contributed by atoms with Crippen LogP contribution in [-0.4, -0.2) is 24.7 Å². The van der Waals surface area contributed by atoms with E-state index in [0.29, 0.717) is 23.6 Å². The van der Waals surface area contributed by atoms with Crippen molar-refractivity contribution in [1.82, 2.24) is 24.7 Å². The number of aromatic nitrogens is 5. The fourth-order valence-corrected chi connectivity index (χ4v) is 2.70. The molecule has 0 atom stereocenters. The lowest BCUT2D eigenvalue weighted by atomic mass is 10.1. The van der Waals surface area contributed by atoms with Crippen LogP contribution in [-0.2, 0) is 6.54 Å². The third kappa shape index (κ3) is 3.82. The van der Waals surface area contributed by atoms with E-state index in [1.165, 1.54) is 12.1 Å². The molecule has 0 saturated carbocycles. The van der Waals surface area contributed by atoms with E-state index in [-0.39, 0.29) is 5.82 Å². The highest BCUT2D eigenvalue weighted by Gasteiger charge is 2.07. The first-order chi connectivity index (χ1) is 13.2. The number of imidazole rings is 1. The van der Waals surface area contributed by atoms with Crippen molar-refractivity contribution in [2.75, 3.05) is 5.32 Å². The molecule has 0 spiro atoms. The minimum atomic E-state index is -0.291. The Hall–Kier alpha value is -3.61. The summed E-state index contributed by atoms with van der Waals surface area (Å²) in [5.41, 5.74) is 3.31. The molecule has 134 valence electrons. The molecule has 7 heteroatoms. The SMILES string of the molecule is Cc1cc(-c2cccc(F)c2)nnc1NCc1ccc(-n2ccnc2)nc1. The Kier molecular flexibility index (Phi) is 4.57. The van der Waals surface area contributed by atoms with E-state index < -0.39 is 0 Å². The first kappa shape index (κ1) is 16.8. The molecule has 0 saturated heterocycles. The molecule has 4 aromatic rings. The van der Waals surface area contributed by atoms with Gasteiger partial charge in [-0.1, -0.05) is 18.2 Å². The Morgan fingerprint density at radius 1 is 1.11 bits per heavy atom. The highest BCUT2D eigenvalue weighted by atomic mass is 19.1. The first-order valence-electron chi connectivity index (χ1n) is 8.46. The van der Waals surface area contributed by atoms with Crippen molar-refractivity contribution in [2.24, 2.45) is 0 Å². The molecule has 3 heterocycles.